The maximum absolute atomic E-state index is 13.1. The van der Waals surface area contributed by atoms with E-state index in [9.17, 15) is 9.59 Å². The Morgan fingerprint density at radius 1 is 1.00 bits per heavy atom. The third-order valence-corrected chi connectivity index (χ3v) is 6.25. The molecule has 4 nitrogen and oxygen atoms in total. The van der Waals surface area contributed by atoms with Gasteiger partial charge in [-0.25, -0.2) is 0 Å². The molecule has 2 fully saturated rings. The Hall–Kier alpha value is -2.33. The minimum atomic E-state index is -0.00585. The van der Waals surface area contributed by atoms with E-state index < -0.39 is 0 Å². The van der Waals surface area contributed by atoms with Gasteiger partial charge in [-0.15, -0.1) is 0 Å². The molecular weight excluding hydrogens is 360 g/mol. The van der Waals surface area contributed by atoms with Gasteiger partial charge >= 0.3 is 0 Å². The number of fused-ring (bicyclic) bond motifs is 1. The number of benzene rings is 2. The molecule has 4 rings (SSSR count). The fourth-order valence-electron chi connectivity index (χ4n) is 4.67. The molecule has 0 saturated carbocycles. The van der Waals surface area contributed by atoms with Crippen LogP contribution < -0.4 is 0 Å². The molecule has 0 aliphatic carbocycles. The maximum atomic E-state index is 13.1. The highest BCUT2D eigenvalue weighted by Crippen LogP contribution is 2.45. The number of hydrogen-bond acceptors (Lipinski definition) is 2. The fourth-order valence-corrected chi connectivity index (χ4v) is 4.98. The molecule has 2 amide bonds. The lowest BCUT2D eigenvalue weighted by Gasteiger charge is -2.29. The molecule has 2 aromatic rings. The summed E-state index contributed by atoms with van der Waals surface area (Å²) in [6.45, 7) is 5.57. The summed E-state index contributed by atoms with van der Waals surface area (Å²) in [6.07, 6.45) is 0. The minimum absolute atomic E-state index is 0.00585. The predicted octanol–water partition coefficient (Wildman–Crippen LogP) is 3.94. The van der Waals surface area contributed by atoms with Gasteiger partial charge in [-0.3, -0.25) is 9.59 Å². The number of carbonyl (C=O) groups excluding carboxylic acids is 2. The van der Waals surface area contributed by atoms with Gasteiger partial charge in [-0.1, -0.05) is 54.1 Å². The van der Waals surface area contributed by atoms with Crippen molar-refractivity contribution in [2.75, 3.05) is 19.6 Å². The largest absolute Gasteiger partial charge is 0.338 e. The standard InChI is InChI=1S/C22H23ClN2O2/c1-14-7-6-10-19(23)20(14)22(27)24-11-17-12-25(15(2)26)21(18(17)13-24)16-8-4-3-5-9-16/h3-10,17-18,21H,11-13H2,1-2H3/t17-,18-,21+/m1/s1. The molecule has 3 atom stereocenters. The van der Waals surface area contributed by atoms with Crippen molar-refractivity contribution in [2.45, 2.75) is 19.9 Å². The Morgan fingerprint density at radius 2 is 1.74 bits per heavy atom. The molecule has 2 aliphatic heterocycles. The number of rotatable bonds is 2. The summed E-state index contributed by atoms with van der Waals surface area (Å²) in [6, 6.07) is 15.7. The highest BCUT2D eigenvalue weighted by molar-refractivity contribution is 6.34. The van der Waals surface area contributed by atoms with E-state index in [4.69, 9.17) is 11.6 Å². The average molecular weight is 383 g/mol. The molecule has 27 heavy (non-hydrogen) atoms. The zero-order chi connectivity index (χ0) is 19.1. The van der Waals surface area contributed by atoms with Gasteiger partial charge in [0.05, 0.1) is 16.6 Å². The van der Waals surface area contributed by atoms with Crippen molar-refractivity contribution in [3.63, 3.8) is 0 Å². The summed E-state index contributed by atoms with van der Waals surface area (Å²) < 4.78 is 0. The van der Waals surface area contributed by atoms with Crippen LogP contribution in [0.4, 0.5) is 0 Å². The third kappa shape index (κ3) is 3.12. The molecule has 5 heteroatoms. The monoisotopic (exact) mass is 382 g/mol. The second-order valence-electron chi connectivity index (χ2n) is 7.59. The number of likely N-dealkylation sites (tertiary alicyclic amines) is 2. The summed E-state index contributed by atoms with van der Waals surface area (Å²) >= 11 is 6.31. The first kappa shape index (κ1) is 18.1. The summed E-state index contributed by atoms with van der Waals surface area (Å²) in [5.74, 6) is 0.639. The van der Waals surface area contributed by atoms with Gasteiger partial charge in [0.25, 0.3) is 5.91 Å². The minimum Gasteiger partial charge on any atom is -0.338 e. The van der Waals surface area contributed by atoms with Crippen molar-refractivity contribution in [3.05, 3.63) is 70.2 Å². The Balaban J connectivity index is 1.62. The highest BCUT2D eigenvalue weighted by atomic mass is 35.5. The van der Waals surface area contributed by atoms with Crippen LogP contribution in [0.5, 0.6) is 0 Å². The van der Waals surface area contributed by atoms with E-state index in [0.717, 1.165) is 11.1 Å². The normalized spacial score (nSPS) is 24.2. The van der Waals surface area contributed by atoms with E-state index in [1.165, 1.54) is 0 Å². The average Bonchev–Trinajstić information content (AvgIpc) is 3.20. The van der Waals surface area contributed by atoms with Gasteiger partial charge in [-0.05, 0) is 24.1 Å². The second-order valence-corrected chi connectivity index (χ2v) is 8.00. The predicted molar refractivity (Wildman–Crippen MR) is 106 cm³/mol. The summed E-state index contributed by atoms with van der Waals surface area (Å²) in [7, 11) is 0. The molecule has 0 aromatic heterocycles. The van der Waals surface area contributed by atoms with Crippen molar-refractivity contribution >= 4 is 23.4 Å². The van der Waals surface area contributed by atoms with Crippen molar-refractivity contribution in [3.8, 4) is 0 Å². The van der Waals surface area contributed by atoms with Crippen LogP contribution in [0.3, 0.4) is 0 Å². The number of carbonyl (C=O) groups is 2. The number of aryl methyl sites for hydroxylation is 1. The first-order chi connectivity index (χ1) is 13.0. The maximum Gasteiger partial charge on any atom is 0.255 e. The molecule has 0 radical (unpaired) electrons. The molecule has 2 aliphatic rings. The lowest BCUT2D eigenvalue weighted by atomic mass is 9.89. The van der Waals surface area contributed by atoms with Crippen LogP contribution >= 0.6 is 11.6 Å². The summed E-state index contributed by atoms with van der Waals surface area (Å²) in [5.41, 5.74) is 2.64. The van der Waals surface area contributed by atoms with Crippen molar-refractivity contribution in [2.24, 2.45) is 11.8 Å². The van der Waals surface area contributed by atoms with Crippen LogP contribution in [0, 0.1) is 18.8 Å². The molecule has 2 aromatic carbocycles. The first-order valence-electron chi connectivity index (χ1n) is 9.34. The number of hydrogen-bond donors (Lipinski definition) is 0. The Kier molecular flexibility index (Phi) is 4.68. The van der Waals surface area contributed by atoms with Gasteiger partial charge < -0.3 is 9.80 Å². The quantitative estimate of drug-likeness (QED) is 0.789. The Morgan fingerprint density at radius 3 is 2.41 bits per heavy atom. The van der Waals surface area contributed by atoms with Crippen molar-refractivity contribution in [1.82, 2.24) is 9.80 Å². The molecule has 0 unspecified atom stereocenters. The van der Waals surface area contributed by atoms with Crippen molar-refractivity contribution in [1.29, 1.82) is 0 Å². The summed E-state index contributed by atoms with van der Waals surface area (Å²) in [4.78, 5) is 29.2. The molecule has 0 N–H and O–H groups in total. The Labute approximate surface area is 164 Å². The van der Waals surface area contributed by atoms with Gasteiger partial charge in [0.1, 0.15) is 0 Å². The van der Waals surface area contributed by atoms with E-state index in [0.29, 0.717) is 36.1 Å². The summed E-state index contributed by atoms with van der Waals surface area (Å²) in [5, 5.41) is 0.502. The van der Waals surface area contributed by atoms with E-state index in [2.05, 4.69) is 12.1 Å². The van der Waals surface area contributed by atoms with E-state index >= 15 is 0 Å². The van der Waals surface area contributed by atoms with Crippen LogP contribution in [0.1, 0.15) is 34.5 Å². The number of halogens is 1. The molecule has 0 bridgehead atoms. The molecule has 2 heterocycles. The highest BCUT2D eigenvalue weighted by Gasteiger charge is 2.49. The van der Waals surface area contributed by atoms with Gasteiger partial charge in [0, 0.05) is 38.4 Å². The number of nitrogens with zero attached hydrogens (tertiary/aromatic N) is 2. The van der Waals surface area contributed by atoms with Crippen molar-refractivity contribution < 1.29 is 9.59 Å². The van der Waals surface area contributed by atoms with Crippen LogP contribution in [0.25, 0.3) is 0 Å². The zero-order valence-electron chi connectivity index (χ0n) is 15.6. The van der Waals surface area contributed by atoms with Gasteiger partial charge in [0.15, 0.2) is 0 Å². The molecular formula is C22H23ClN2O2. The zero-order valence-corrected chi connectivity index (χ0v) is 16.3. The molecule has 140 valence electrons. The first-order valence-corrected chi connectivity index (χ1v) is 9.71. The SMILES string of the molecule is CC(=O)N1C[C@H]2CN(C(=O)c3c(C)cccc3Cl)C[C@H]2[C@@H]1c1ccccc1. The molecule has 2 saturated heterocycles. The van der Waals surface area contributed by atoms with E-state index in [1.54, 1.807) is 13.0 Å². The smallest absolute Gasteiger partial charge is 0.255 e. The Bertz CT molecular complexity index is 863. The fraction of sp³-hybridized carbons (Fsp3) is 0.364. The van der Waals surface area contributed by atoms with E-state index in [1.807, 2.05) is 47.1 Å². The van der Waals surface area contributed by atoms with Crippen LogP contribution in [0.15, 0.2) is 48.5 Å². The third-order valence-electron chi connectivity index (χ3n) is 5.93. The molecule has 0 spiro atoms. The van der Waals surface area contributed by atoms with Crippen LogP contribution in [-0.4, -0.2) is 41.2 Å². The van der Waals surface area contributed by atoms with Gasteiger partial charge in [0.2, 0.25) is 5.91 Å². The second kappa shape index (κ2) is 7.01. The lowest BCUT2D eigenvalue weighted by molar-refractivity contribution is -0.130. The van der Waals surface area contributed by atoms with E-state index in [-0.39, 0.29) is 23.8 Å². The van der Waals surface area contributed by atoms with Crippen LogP contribution in [0.2, 0.25) is 5.02 Å². The number of amides is 2. The van der Waals surface area contributed by atoms with Crippen LogP contribution in [-0.2, 0) is 4.79 Å². The topological polar surface area (TPSA) is 40.6 Å². The lowest BCUT2D eigenvalue weighted by Crippen LogP contribution is -2.36. The van der Waals surface area contributed by atoms with Gasteiger partial charge in [-0.2, -0.15) is 0 Å².